The lowest BCUT2D eigenvalue weighted by Gasteiger charge is -2.14. The Balaban J connectivity index is 1.67. The molecular weight excluding hydrogens is 310 g/mol. The number of anilines is 1. The van der Waals surface area contributed by atoms with Gasteiger partial charge in [-0.15, -0.1) is 0 Å². The van der Waals surface area contributed by atoms with Crippen LogP contribution in [0.5, 0.6) is 0 Å². The molecule has 1 amide bonds. The molecule has 1 unspecified atom stereocenters. The summed E-state index contributed by atoms with van der Waals surface area (Å²) >= 11 is 0. The number of aryl methyl sites for hydroxylation is 1. The number of carbonyl (C=O) groups is 2. The van der Waals surface area contributed by atoms with Gasteiger partial charge in [0, 0.05) is 6.20 Å². The van der Waals surface area contributed by atoms with Crippen LogP contribution in [-0.4, -0.2) is 27.9 Å². The second kappa shape index (κ2) is 6.49. The molecule has 0 aliphatic rings. The Morgan fingerprint density at radius 1 is 1.25 bits per heavy atom. The highest BCUT2D eigenvalue weighted by molar-refractivity contribution is 5.98. The summed E-state index contributed by atoms with van der Waals surface area (Å²) in [4.78, 5) is 32.4. The average Bonchev–Trinajstić information content (AvgIpc) is 3.04. The number of hydrogen-bond donors (Lipinski definition) is 1. The van der Waals surface area contributed by atoms with Gasteiger partial charge in [0.25, 0.3) is 5.91 Å². The molecule has 2 heterocycles. The summed E-state index contributed by atoms with van der Waals surface area (Å²) in [5.41, 5.74) is 2.22. The van der Waals surface area contributed by atoms with Crippen molar-refractivity contribution in [1.82, 2.24) is 9.97 Å². The minimum atomic E-state index is -0.968. The largest absolute Gasteiger partial charge is 0.449 e. The molecule has 1 N–H and O–H groups in total. The number of carbonyl (C=O) groups excluding carboxylic acids is 2. The highest BCUT2D eigenvalue weighted by Crippen LogP contribution is 2.16. The molecule has 7 heteroatoms. The van der Waals surface area contributed by atoms with Crippen molar-refractivity contribution >= 4 is 28.8 Å². The standard InChI is InChI=1S/C17H15N3O4/c1-10-4-3-7-18-15(10)20-16(21)11(2)24-17(22)12-5-6-13-14(8-12)23-9-19-13/h3-9,11H,1-2H3,(H,18,20,21). The van der Waals surface area contributed by atoms with Crippen molar-refractivity contribution in [2.75, 3.05) is 5.32 Å². The summed E-state index contributed by atoms with van der Waals surface area (Å²) in [6.45, 7) is 3.32. The van der Waals surface area contributed by atoms with Gasteiger partial charge < -0.3 is 14.5 Å². The van der Waals surface area contributed by atoms with Crippen LogP contribution >= 0.6 is 0 Å². The Hall–Kier alpha value is -3.22. The lowest BCUT2D eigenvalue weighted by Crippen LogP contribution is -2.30. The fourth-order valence-electron chi connectivity index (χ4n) is 2.10. The molecule has 0 saturated carbocycles. The van der Waals surface area contributed by atoms with Crippen LogP contribution in [0, 0.1) is 6.92 Å². The van der Waals surface area contributed by atoms with E-state index < -0.39 is 18.0 Å². The van der Waals surface area contributed by atoms with Crippen molar-refractivity contribution in [3.8, 4) is 0 Å². The Labute approximate surface area is 137 Å². The number of nitrogens with zero attached hydrogens (tertiary/aromatic N) is 2. The summed E-state index contributed by atoms with van der Waals surface area (Å²) in [5.74, 6) is -0.631. The van der Waals surface area contributed by atoms with E-state index in [1.165, 1.54) is 19.4 Å². The number of nitrogens with one attached hydrogen (secondary N) is 1. The second-order valence-corrected chi connectivity index (χ2v) is 5.24. The Kier molecular flexibility index (Phi) is 4.24. The maximum atomic E-state index is 12.2. The van der Waals surface area contributed by atoms with Crippen LogP contribution in [0.25, 0.3) is 11.1 Å². The van der Waals surface area contributed by atoms with Gasteiger partial charge in [0.2, 0.25) is 0 Å². The molecular formula is C17H15N3O4. The lowest BCUT2D eigenvalue weighted by molar-refractivity contribution is -0.123. The Morgan fingerprint density at radius 2 is 2.08 bits per heavy atom. The van der Waals surface area contributed by atoms with Crippen molar-refractivity contribution in [2.24, 2.45) is 0 Å². The normalized spacial score (nSPS) is 11.9. The predicted octanol–water partition coefficient (Wildman–Crippen LogP) is 2.72. The zero-order valence-corrected chi connectivity index (χ0v) is 13.1. The van der Waals surface area contributed by atoms with E-state index in [4.69, 9.17) is 9.15 Å². The summed E-state index contributed by atoms with van der Waals surface area (Å²) in [6.07, 6.45) is 1.90. The number of aromatic nitrogens is 2. The van der Waals surface area contributed by atoms with Gasteiger partial charge in [-0.25, -0.2) is 14.8 Å². The lowest BCUT2D eigenvalue weighted by atomic mass is 10.2. The molecule has 2 aromatic heterocycles. The smallest absolute Gasteiger partial charge is 0.339 e. The topological polar surface area (TPSA) is 94.3 Å². The van der Waals surface area contributed by atoms with Gasteiger partial charge >= 0.3 is 5.97 Å². The van der Waals surface area contributed by atoms with E-state index in [9.17, 15) is 9.59 Å². The fourth-order valence-corrected chi connectivity index (χ4v) is 2.10. The number of ether oxygens (including phenoxy) is 1. The van der Waals surface area contributed by atoms with E-state index >= 15 is 0 Å². The second-order valence-electron chi connectivity index (χ2n) is 5.24. The summed E-state index contributed by atoms with van der Waals surface area (Å²) < 4.78 is 10.3. The van der Waals surface area contributed by atoms with Crippen LogP contribution in [0.4, 0.5) is 5.82 Å². The fraction of sp³-hybridized carbons (Fsp3) is 0.176. The number of pyridine rings is 1. The first-order valence-corrected chi connectivity index (χ1v) is 7.31. The molecule has 24 heavy (non-hydrogen) atoms. The van der Waals surface area contributed by atoms with Gasteiger partial charge in [0.1, 0.15) is 11.3 Å². The number of amides is 1. The number of rotatable bonds is 4. The first-order chi connectivity index (χ1) is 11.5. The third kappa shape index (κ3) is 3.24. The van der Waals surface area contributed by atoms with Gasteiger partial charge in [-0.3, -0.25) is 4.79 Å². The van der Waals surface area contributed by atoms with Crippen LogP contribution in [0.1, 0.15) is 22.8 Å². The van der Waals surface area contributed by atoms with Gasteiger partial charge in [0.15, 0.2) is 18.1 Å². The number of hydrogen-bond acceptors (Lipinski definition) is 6. The molecule has 3 rings (SSSR count). The zero-order valence-electron chi connectivity index (χ0n) is 13.1. The molecule has 0 bridgehead atoms. The molecule has 0 spiro atoms. The first-order valence-electron chi connectivity index (χ1n) is 7.31. The van der Waals surface area contributed by atoms with E-state index in [1.807, 2.05) is 13.0 Å². The van der Waals surface area contributed by atoms with Crippen LogP contribution in [0.2, 0.25) is 0 Å². The number of esters is 1. The van der Waals surface area contributed by atoms with E-state index in [1.54, 1.807) is 24.4 Å². The predicted molar refractivity (Wildman–Crippen MR) is 86.5 cm³/mol. The minimum absolute atomic E-state index is 0.285. The molecule has 122 valence electrons. The number of benzene rings is 1. The zero-order chi connectivity index (χ0) is 17.1. The molecule has 7 nitrogen and oxygen atoms in total. The third-order valence-corrected chi connectivity index (χ3v) is 3.47. The number of fused-ring (bicyclic) bond motifs is 1. The van der Waals surface area contributed by atoms with E-state index in [0.29, 0.717) is 16.9 Å². The summed E-state index contributed by atoms with van der Waals surface area (Å²) in [6, 6.07) is 8.34. The number of oxazole rings is 1. The van der Waals surface area contributed by atoms with Crippen LogP contribution < -0.4 is 5.32 Å². The molecule has 0 aliphatic carbocycles. The van der Waals surface area contributed by atoms with Gasteiger partial charge in [-0.05, 0) is 43.7 Å². The minimum Gasteiger partial charge on any atom is -0.449 e. The quantitative estimate of drug-likeness (QED) is 0.741. The first kappa shape index (κ1) is 15.7. The molecule has 1 aromatic carbocycles. The van der Waals surface area contributed by atoms with Crippen molar-refractivity contribution in [3.63, 3.8) is 0 Å². The van der Waals surface area contributed by atoms with Crippen molar-refractivity contribution in [3.05, 3.63) is 54.0 Å². The molecule has 1 atom stereocenters. The Bertz CT molecular complexity index is 903. The highest BCUT2D eigenvalue weighted by atomic mass is 16.5. The van der Waals surface area contributed by atoms with Crippen molar-refractivity contribution < 1.29 is 18.7 Å². The van der Waals surface area contributed by atoms with Crippen LogP contribution in [-0.2, 0) is 9.53 Å². The average molecular weight is 325 g/mol. The van der Waals surface area contributed by atoms with Gasteiger partial charge in [-0.2, -0.15) is 0 Å². The SMILES string of the molecule is Cc1cccnc1NC(=O)C(C)OC(=O)c1ccc2ncoc2c1. The van der Waals surface area contributed by atoms with E-state index in [0.717, 1.165) is 5.56 Å². The maximum Gasteiger partial charge on any atom is 0.339 e. The molecule has 3 aromatic rings. The molecule has 0 radical (unpaired) electrons. The van der Waals surface area contributed by atoms with Gasteiger partial charge in [0.05, 0.1) is 5.56 Å². The maximum absolute atomic E-state index is 12.2. The molecule has 0 aliphatic heterocycles. The summed E-state index contributed by atoms with van der Waals surface area (Å²) in [7, 11) is 0. The Morgan fingerprint density at radius 3 is 2.88 bits per heavy atom. The van der Waals surface area contributed by atoms with E-state index in [2.05, 4.69) is 15.3 Å². The van der Waals surface area contributed by atoms with E-state index in [-0.39, 0.29) is 5.56 Å². The van der Waals surface area contributed by atoms with Crippen molar-refractivity contribution in [2.45, 2.75) is 20.0 Å². The van der Waals surface area contributed by atoms with Gasteiger partial charge in [-0.1, -0.05) is 6.07 Å². The highest BCUT2D eigenvalue weighted by Gasteiger charge is 2.20. The van der Waals surface area contributed by atoms with Crippen molar-refractivity contribution in [1.29, 1.82) is 0 Å². The molecule has 0 saturated heterocycles. The monoisotopic (exact) mass is 325 g/mol. The third-order valence-electron chi connectivity index (χ3n) is 3.47. The molecule has 0 fully saturated rings. The summed E-state index contributed by atoms with van der Waals surface area (Å²) in [5, 5.41) is 2.64. The van der Waals surface area contributed by atoms with Crippen LogP contribution in [0.15, 0.2) is 47.3 Å². The van der Waals surface area contributed by atoms with Crippen LogP contribution in [0.3, 0.4) is 0 Å².